The Hall–Kier alpha value is -0.230. The molecule has 2 aliphatic rings. The minimum atomic E-state index is 0.581. The summed E-state index contributed by atoms with van der Waals surface area (Å²) in [5.74, 6) is 6.56. The Morgan fingerprint density at radius 2 is 1.72 bits per heavy atom. The normalized spacial score (nSPS) is 26.0. The van der Waals surface area contributed by atoms with Crippen molar-refractivity contribution in [2.75, 3.05) is 39.3 Å². The van der Waals surface area contributed by atoms with E-state index >= 15 is 0 Å². The Morgan fingerprint density at radius 3 is 2.28 bits per heavy atom. The smallest absolute Gasteiger partial charge is 0.0305 e. The van der Waals surface area contributed by atoms with Gasteiger partial charge in [0.1, 0.15) is 0 Å². The highest BCUT2D eigenvalue weighted by molar-refractivity contribution is 4.80. The molecule has 2 fully saturated rings. The molecule has 2 saturated heterocycles. The third kappa shape index (κ3) is 3.88. The second kappa shape index (κ2) is 6.80. The van der Waals surface area contributed by atoms with Gasteiger partial charge in [0.05, 0.1) is 0 Å². The molecule has 2 rings (SSSR count). The summed E-state index contributed by atoms with van der Waals surface area (Å²) < 4.78 is 13.0. The third-order valence-electron chi connectivity index (χ3n) is 4.47. The van der Waals surface area contributed by atoms with Crippen LogP contribution in [0.15, 0.2) is 0 Å². The summed E-state index contributed by atoms with van der Waals surface area (Å²) >= 11 is 0. The molecule has 0 aromatic heterocycles. The molecule has 0 saturated carbocycles. The quantitative estimate of drug-likeness (QED) is 0.608. The zero-order chi connectivity index (χ0) is 13.0. The van der Waals surface area contributed by atoms with Gasteiger partial charge in [0.2, 0.25) is 0 Å². The number of nitrogens with two attached hydrogens (primary N) is 1. The van der Waals surface area contributed by atoms with Gasteiger partial charge in [-0.15, -0.1) is 9.60 Å². The maximum atomic E-state index is 13.0. The van der Waals surface area contributed by atoms with Crippen LogP contribution in [0.3, 0.4) is 0 Å². The van der Waals surface area contributed by atoms with E-state index in [4.69, 9.17) is 5.84 Å². The molecule has 0 radical (unpaired) electrons. The zero-order valence-electron chi connectivity index (χ0n) is 11.5. The molecule has 18 heavy (non-hydrogen) atoms. The highest BCUT2D eigenvalue weighted by Crippen LogP contribution is 2.22. The number of hydrogen-bond donors (Lipinski definition) is 1. The monoisotopic (exact) mass is 258 g/mol. The van der Waals surface area contributed by atoms with Crippen LogP contribution in [0.1, 0.15) is 32.6 Å². The van der Waals surface area contributed by atoms with Crippen molar-refractivity contribution < 1.29 is 4.48 Å². The molecule has 2 aliphatic heterocycles. The highest BCUT2D eigenvalue weighted by Gasteiger charge is 2.26. The maximum absolute atomic E-state index is 13.0. The summed E-state index contributed by atoms with van der Waals surface area (Å²) in [4.78, 5) is 2.56. The molecule has 5 heteroatoms. The predicted molar refractivity (Wildman–Crippen MR) is 71.4 cm³/mol. The van der Waals surface area contributed by atoms with Crippen LogP contribution in [0.4, 0.5) is 4.48 Å². The minimum Gasteiger partial charge on any atom is -0.300 e. The van der Waals surface area contributed by atoms with E-state index in [1.54, 1.807) is 0 Å². The van der Waals surface area contributed by atoms with Gasteiger partial charge in [0, 0.05) is 38.8 Å². The Morgan fingerprint density at radius 1 is 1.11 bits per heavy atom. The van der Waals surface area contributed by atoms with E-state index in [2.05, 4.69) is 11.8 Å². The van der Waals surface area contributed by atoms with Gasteiger partial charge in [0.25, 0.3) is 0 Å². The van der Waals surface area contributed by atoms with Gasteiger partial charge in [-0.1, -0.05) is 6.92 Å². The summed E-state index contributed by atoms with van der Waals surface area (Å²) in [6.45, 7) is 7.71. The summed E-state index contributed by atoms with van der Waals surface area (Å²) in [5, 5.41) is 2.88. The number of halogens is 1. The van der Waals surface area contributed by atoms with Crippen molar-refractivity contribution in [2.24, 2.45) is 11.8 Å². The molecular formula is C13H27FN4. The average Bonchev–Trinajstić information content (AvgIpc) is 2.39. The molecule has 2 N–H and O–H groups in total. The van der Waals surface area contributed by atoms with Crippen molar-refractivity contribution in [1.29, 1.82) is 0 Å². The van der Waals surface area contributed by atoms with Gasteiger partial charge in [-0.25, -0.2) is 5.01 Å². The fourth-order valence-corrected chi connectivity index (χ4v) is 3.20. The average molecular weight is 258 g/mol. The number of rotatable bonds is 4. The second-order valence-electron chi connectivity index (χ2n) is 5.71. The number of nitrogens with zero attached hydrogens (tertiary/aromatic N) is 3. The molecule has 0 bridgehead atoms. The first kappa shape index (κ1) is 14.2. The van der Waals surface area contributed by atoms with Crippen LogP contribution in [-0.4, -0.2) is 60.3 Å². The van der Waals surface area contributed by atoms with Crippen molar-refractivity contribution in [3.63, 3.8) is 0 Å². The van der Waals surface area contributed by atoms with Gasteiger partial charge in [-0.2, -0.15) is 0 Å². The Labute approximate surface area is 110 Å². The first-order valence-corrected chi connectivity index (χ1v) is 7.33. The predicted octanol–water partition coefficient (Wildman–Crippen LogP) is 1.24. The first-order valence-electron chi connectivity index (χ1n) is 7.33. The van der Waals surface area contributed by atoms with Gasteiger partial charge in [-0.05, 0) is 38.1 Å². The molecule has 0 unspecified atom stereocenters. The Balaban J connectivity index is 1.78. The van der Waals surface area contributed by atoms with Gasteiger partial charge in [-0.3, -0.25) is 5.84 Å². The number of hydrogen-bond acceptors (Lipinski definition) is 4. The number of piperidine rings is 2. The summed E-state index contributed by atoms with van der Waals surface area (Å²) in [5.41, 5.74) is 0. The molecule has 0 spiro atoms. The molecule has 4 nitrogen and oxygen atoms in total. The van der Waals surface area contributed by atoms with E-state index < -0.39 is 0 Å². The van der Waals surface area contributed by atoms with Gasteiger partial charge in [0.15, 0.2) is 0 Å². The molecule has 0 aliphatic carbocycles. The SMILES string of the molecule is CCN(CC1CCN(N)CC1)C1CCN(F)CC1. The lowest BCUT2D eigenvalue weighted by atomic mass is 9.95. The molecule has 0 atom stereocenters. The van der Waals surface area contributed by atoms with Crippen molar-refractivity contribution in [3.05, 3.63) is 0 Å². The fraction of sp³-hybridized carbons (Fsp3) is 1.00. The molecular weight excluding hydrogens is 231 g/mol. The van der Waals surface area contributed by atoms with Crippen LogP contribution in [0.2, 0.25) is 0 Å². The van der Waals surface area contributed by atoms with E-state index in [-0.39, 0.29) is 0 Å². The first-order chi connectivity index (χ1) is 8.69. The molecule has 2 heterocycles. The minimum absolute atomic E-state index is 0.581. The number of hydrazine groups is 1. The van der Waals surface area contributed by atoms with Crippen molar-refractivity contribution in [2.45, 2.75) is 38.6 Å². The molecule has 106 valence electrons. The molecule has 0 amide bonds. The van der Waals surface area contributed by atoms with Crippen LogP contribution in [0, 0.1) is 5.92 Å². The van der Waals surface area contributed by atoms with Crippen molar-refractivity contribution in [3.8, 4) is 0 Å². The summed E-state index contributed by atoms with van der Waals surface area (Å²) in [6.07, 6.45) is 4.35. The van der Waals surface area contributed by atoms with E-state index in [9.17, 15) is 4.48 Å². The van der Waals surface area contributed by atoms with Crippen LogP contribution >= 0.6 is 0 Å². The van der Waals surface area contributed by atoms with Crippen LogP contribution in [0.5, 0.6) is 0 Å². The van der Waals surface area contributed by atoms with Crippen molar-refractivity contribution in [1.82, 2.24) is 15.0 Å². The second-order valence-corrected chi connectivity index (χ2v) is 5.71. The van der Waals surface area contributed by atoms with E-state index in [1.165, 1.54) is 19.4 Å². The van der Waals surface area contributed by atoms with E-state index in [0.717, 1.165) is 43.5 Å². The van der Waals surface area contributed by atoms with E-state index in [1.807, 2.05) is 5.01 Å². The largest absolute Gasteiger partial charge is 0.300 e. The Kier molecular flexibility index (Phi) is 5.36. The van der Waals surface area contributed by atoms with Gasteiger partial charge >= 0.3 is 0 Å². The summed E-state index contributed by atoms with van der Waals surface area (Å²) in [7, 11) is 0. The Bertz CT molecular complexity index is 235. The standard InChI is InChI=1S/C13H27FN4/c1-2-16(13-5-7-17(14)8-6-13)11-12-3-9-18(15)10-4-12/h12-13H,2-11,15H2,1H3. The highest BCUT2D eigenvalue weighted by atomic mass is 19.2. The van der Waals surface area contributed by atoms with Crippen LogP contribution in [-0.2, 0) is 0 Å². The lowest BCUT2D eigenvalue weighted by Gasteiger charge is -2.38. The van der Waals surface area contributed by atoms with Crippen molar-refractivity contribution >= 4 is 0 Å². The topological polar surface area (TPSA) is 35.7 Å². The molecule has 0 aromatic rings. The fourth-order valence-electron chi connectivity index (χ4n) is 3.20. The maximum Gasteiger partial charge on any atom is 0.0305 e. The lowest BCUT2D eigenvalue weighted by Crippen LogP contribution is -2.47. The molecule has 0 aromatic carbocycles. The van der Waals surface area contributed by atoms with Gasteiger partial charge < -0.3 is 4.90 Å². The van der Waals surface area contributed by atoms with Crippen LogP contribution < -0.4 is 5.84 Å². The van der Waals surface area contributed by atoms with E-state index in [0.29, 0.717) is 19.1 Å². The third-order valence-corrected chi connectivity index (χ3v) is 4.47. The lowest BCUT2D eigenvalue weighted by molar-refractivity contribution is -0.0236. The summed E-state index contributed by atoms with van der Waals surface area (Å²) in [6, 6.07) is 0.581. The zero-order valence-corrected chi connectivity index (χ0v) is 11.5. The van der Waals surface area contributed by atoms with Crippen LogP contribution in [0.25, 0.3) is 0 Å².